The van der Waals surface area contributed by atoms with Crippen LogP contribution in [0, 0.1) is 0 Å². The molecule has 0 atom stereocenters. The average Bonchev–Trinajstić information content (AvgIpc) is 2.89. The molecule has 0 rings (SSSR count). The van der Waals surface area contributed by atoms with E-state index in [0.717, 1.165) is 26.1 Å². The second-order valence-corrected chi connectivity index (χ2v) is 9.62. The van der Waals surface area contributed by atoms with Crippen molar-refractivity contribution in [1.29, 1.82) is 0 Å². The molecular weight excluding hydrogens is 456 g/mol. The molecule has 0 aromatic carbocycles. The van der Waals surface area contributed by atoms with Crippen molar-refractivity contribution in [3.05, 3.63) is 0 Å². The first-order valence-electron chi connectivity index (χ1n) is 15.4. The fraction of sp³-hybridized carbons (Fsp3) is 1.00. The van der Waals surface area contributed by atoms with Gasteiger partial charge in [-0.3, -0.25) is 0 Å². The van der Waals surface area contributed by atoms with E-state index in [1.165, 1.54) is 89.9 Å². The zero-order chi connectivity index (χ0) is 26.0. The Morgan fingerprint density at radius 2 is 0.417 bits per heavy atom. The van der Waals surface area contributed by atoms with Crippen molar-refractivity contribution < 1.29 is 28.4 Å². The third-order valence-corrected chi connectivity index (χ3v) is 6.14. The fourth-order valence-electron chi connectivity index (χ4n) is 3.88. The minimum Gasteiger partial charge on any atom is -0.379 e. The first-order valence-corrected chi connectivity index (χ1v) is 15.4. The molecule has 0 spiro atoms. The molecule has 0 aliphatic carbocycles. The van der Waals surface area contributed by atoms with Crippen molar-refractivity contribution in [3.8, 4) is 0 Å². The maximum Gasteiger partial charge on any atom is 0.0701 e. The van der Waals surface area contributed by atoms with E-state index in [2.05, 4.69) is 13.8 Å². The molecule has 6 nitrogen and oxygen atoms in total. The Kier molecular flexibility index (Phi) is 34.5. The Morgan fingerprint density at radius 3 is 0.667 bits per heavy atom. The van der Waals surface area contributed by atoms with Crippen LogP contribution < -0.4 is 0 Å². The molecule has 0 fully saturated rings. The summed E-state index contributed by atoms with van der Waals surface area (Å²) in [4.78, 5) is 0. The molecule has 0 saturated heterocycles. The Labute approximate surface area is 224 Å². The van der Waals surface area contributed by atoms with Gasteiger partial charge >= 0.3 is 0 Å². The lowest BCUT2D eigenvalue weighted by Gasteiger charge is -2.08. The maximum atomic E-state index is 5.62. The zero-order valence-corrected chi connectivity index (χ0v) is 24.2. The van der Waals surface area contributed by atoms with Gasteiger partial charge in [-0.25, -0.2) is 0 Å². The molecule has 6 heteroatoms. The molecule has 0 amide bonds. The van der Waals surface area contributed by atoms with Crippen LogP contribution in [0.3, 0.4) is 0 Å². The van der Waals surface area contributed by atoms with Gasteiger partial charge in [0.05, 0.1) is 66.1 Å². The van der Waals surface area contributed by atoms with Gasteiger partial charge < -0.3 is 28.4 Å². The highest BCUT2D eigenvalue weighted by Gasteiger charge is 1.96. The largest absolute Gasteiger partial charge is 0.379 e. The van der Waals surface area contributed by atoms with Gasteiger partial charge in [0.15, 0.2) is 0 Å². The Balaban J connectivity index is 3.00. The van der Waals surface area contributed by atoms with Crippen molar-refractivity contribution in [3.63, 3.8) is 0 Å². The number of unbranched alkanes of at least 4 members (excludes halogenated alkanes) is 14. The molecule has 0 aliphatic rings. The molecule has 218 valence electrons. The quantitative estimate of drug-likeness (QED) is 0.0846. The first-order chi connectivity index (χ1) is 17.9. The molecule has 0 aliphatic heterocycles. The van der Waals surface area contributed by atoms with Crippen molar-refractivity contribution in [2.75, 3.05) is 79.3 Å². The van der Waals surface area contributed by atoms with Gasteiger partial charge in [-0.15, -0.1) is 0 Å². The zero-order valence-electron chi connectivity index (χ0n) is 24.2. The highest BCUT2D eigenvalue weighted by molar-refractivity contribution is 4.47. The topological polar surface area (TPSA) is 55.4 Å². The highest BCUT2D eigenvalue weighted by atomic mass is 16.6. The van der Waals surface area contributed by atoms with E-state index < -0.39 is 0 Å². The van der Waals surface area contributed by atoms with E-state index in [9.17, 15) is 0 Å². The molecule has 0 bridgehead atoms. The highest BCUT2D eigenvalue weighted by Crippen LogP contribution is 2.09. The number of ether oxygens (including phenoxy) is 6. The molecule has 0 unspecified atom stereocenters. The molecule has 0 saturated carbocycles. The molecular formula is C30H62O6. The molecule has 0 aromatic rings. The van der Waals surface area contributed by atoms with E-state index in [1.54, 1.807) is 0 Å². The lowest BCUT2D eigenvalue weighted by atomic mass is 10.1. The van der Waals surface area contributed by atoms with E-state index in [1.807, 2.05) is 0 Å². The van der Waals surface area contributed by atoms with Gasteiger partial charge in [-0.05, 0) is 12.8 Å². The summed E-state index contributed by atoms with van der Waals surface area (Å²) in [7, 11) is 0. The van der Waals surface area contributed by atoms with Gasteiger partial charge in [0.25, 0.3) is 0 Å². The SMILES string of the molecule is CCCCCCCCCCOCCOCCOCCOCCOCCOCCCCCCCCCC. The van der Waals surface area contributed by atoms with Crippen molar-refractivity contribution in [1.82, 2.24) is 0 Å². The third kappa shape index (κ3) is 33.8. The van der Waals surface area contributed by atoms with Crippen LogP contribution in [0.15, 0.2) is 0 Å². The Morgan fingerprint density at radius 1 is 0.222 bits per heavy atom. The van der Waals surface area contributed by atoms with Gasteiger partial charge in [0, 0.05) is 13.2 Å². The van der Waals surface area contributed by atoms with Crippen LogP contribution in [-0.4, -0.2) is 79.3 Å². The normalized spacial score (nSPS) is 11.5. The molecule has 36 heavy (non-hydrogen) atoms. The minimum absolute atomic E-state index is 0.583. The molecule has 0 N–H and O–H groups in total. The molecule has 0 heterocycles. The number of hydrogen-bond donors (Lipinski definition) is 0. The van der Waals surface area contributed by atoms with Crippen molar-refractivity contribution in [2.45, 2.75) is 117 Å². The van der Waals surface area contributed by atoms with Crippen LogP contribution in [0.1, 0.15) is 117 Å². The lowest BCUT2D eigenvalue weighted by Crippen LogP contribution is -2.14. The van der Waals surface area contributed by atoms with Crippen LogP contribution in [0.2, 0.25) is 0 Å². The fourth-order valence-corrected chi connectivity index (χ4v) is 3.88. The predicted octanol–water partition coefficient (Wildman–Crippen LogP) is 7.37. The summed E-state index contributed by atoms with van der Waals surface area (Å²) in [6.45, 7) is 12.4. The van der Waals surface area contributed by atoms with E-state index in [0.29, 0.717) is 66.1 Å². The van der Waals surface area contributed by atoms with Crippen LogP contribution in [-0.2, 0) is 28.4 Å². The summed E-state index contributed by atoms with van der Waals surface area (Å²) in [6, 6.07) is 0. The second kappa shape index (κ2) is 34.8. The smallest absolute Gasteiger partial charge is 0.0701 e. The number of rotatable bonds is 33. The minimum atomic E-state index is 0.583. The summed E-state index contributed by atoms with van der Waals surface area (Å²) in [5.41, 5.74) is 0. The van der Waals surface area contributed by atoms with E-state index in [4.69, 9.17) is 28.4 Å². The van der Waals surface area contributed by atoms with E-state index in [-0.39, 0.29) is 0 Å². The molecule has 0 radical (unpaired) electrons. The molecule has 0 aromatic heterocycles. The Hall–Kier alpha value is -0.240. The summed E-state index contributed by atoms with van der Waals surface area (Å²) in [5, 5.41) is 0. The van der Waals surface area contributed by atoms with Gasteiger partial charge in [-0.2, -0.15) is 0 Å². The summed E-state index contributed by atoms with van der Waals surface area (Å²) < 4.78 is 33.3. The van der Waals surface area contributed by atoms with Gasteiger partial charge in [-0.1, -0.05) is 104 Å². The van der Waals surface area contributed by atoms with Crippen LogP contribution in [0.4, 0.5) is 0 Å². The van der Waals surface area contributed by atoms with Crippen molar-refractivity contribution in [2.24, 2.45) is 0 Å². The number of hydrogen-bond acceptors (Lipinski definition) is 6. The average molecular weight is 519 g/mol. The van der Waals surface area contributed by atoms with Crippen LogP contribution in [0.5, 0.6) is 0 Å². The van der Waals surface area contributed by atoms with E-state index >= 15 is 0 Å². The standard InChI is InChI=1S/C30H62O6/c1-3-5-7-9-11-13-15-17-19-31-21-23-33-25-27-35-29-30-36-28-26-34-24-22-32-20-18-16-14-12-10-8-6-4-2/h3-30H2,1-2H3. The third-order valence-electron chi connectivity index (χ3n) is 6.14. The first kappa shape index (κ1) is 35.8. The predicted molar refractivity (Wildman–Crippen MR) is 150 cm³/mol. The Bertz CT molecular complexity index is 335. The lowest BCUT2D eigenvalue weighted by molar-refractivity contribution is -0.0169. The summed E-state index contributed by atoms with van der Waals surface area (Å²) in [5.74, 6) is 0. The summed E-state index contributed by atoms with van der Waals surface area (Å²) >= 11 is 0. The van der Waals surface area contributed by atoms with Gasteiger partial charge in [0.2, 0.25) is 0 Å². The second-order valence-electron chi connectivity index (χ2n) is 9.62. The van der Waals surface area contributed by atoms with Crippen molar-refractivity contribution >= 4 is 0 Å². The van der Waals surface area contributed by atoms with Crippen LogP contribution >= 0.6 is 0 Å². The van der Waals surface area contributed by atoms with Gasteiger partial charge in [0.1, 0.15) is 0 Å². The van der Waals surface area contributed by atoms with Crippen LogP contribution in [0.25, 0.3) is 0 Å². The maximum absolute atomic E-state index is 5.62. The summed E-state index contributed by atoms with van der Waals surface area (Å²) in [6.07, 6.45) is 21.3. The monoisotopic (exact) mass is 518 g/mol.